The van der Waals surface area contributed by atoms with Gasteiger partial charge in [-0.2, -0.15) is 0 Å². The number of anilines is 1. The van der Waals surface area contributed by atoms with Gasteiger partial charge in [-0.3, -0.25) is 4.79 Å². The van der Waals surface area contributed by atoms with Crippen LogP contribution < -0.4 is 9.64 Å². The molecule has 132 valence electrons. The molecule has 2 aromatic rings. The minimum atomic E-state index is -0.0226. The highest BCUT2D eigenvalue weighted by atomic mass is 16.5. The number of likely N-dealkylation sites (N-methyl/N-ethyl adjacent to an activating group) is 1. The van der Waals surface area contributed by atoms with Crippen molar-refractivity contribution in [3.05, 3.63) is 65.7 Å². The van der Waals surface area contributed by atoms with E-state index in [1.807, 2.05) is 58.4 Å². The molecule has 2 aromatic carbocycles. The van der Waals surface area contributed by atoms with Gasteiger partial charge in [-0.25, -0.2) is 0 Å². The maximum Gasteiger partial charge on any atom is 0.246 e. The first-order valence-electron chi connectivity index (χ1n) is 8.42. The maximum absolute atomic E-state index is 12.3. The zero-order valence-corrected chi connectivity index (χ0v) is 15.4. The van der Waals surface area contributed by atoms with Crippen molar-refractivity contribution < 1.29 is 9.53 Å². The maximum atomic E-state index is 12.3. The van der Waals surface area contributed by atoms with Gasteiger partial charge in [0.1, 0.15) is 5.75 Å². The molecule has 0 saturated heterocycles. The lowest BCUT2D eigenvalue weighted by molar-refractivity contribution is -0.125. The van der Waals surface area contributed by atoms with Gasteiger partial charge < -0.3 is 14.5 Å². The SMILES string of the molecule is CCOc1ccc(/C=C/C(=O)N(C)Cc2ccc(N(C)C)cc2)cc1. The first-order chi connectivity index (χ1) is 12.0. The van der Waals surface area contributed by atoms with E-state index < -0.39 is 0 Å². The van der Waals surface area contributed by atoms with Crippen LogP contribution in [0, 0.1) is 0 Å². The van der Waals surface area contributed by atoms with Crippen molar-refractivity contribution in [2.45, 2.75) is 13.5 Å². The number of hydrogen-bond donors (Lipinski definition) is 0. The Morgan fingerprint density at radius 2 is 1.64 bits per heavy atom. The summed E-state index contributed by atoms with van der Waals surface area (Å²) in [6.07, 6.45) is 3.42. The summed E-state index contributed by atoms with van der Waals surface area (Å²) < 4.78 is 5.41. The molecule has 0 unspecified atom stereocenters. The Morgan fingerprint density at radius 3 is 2.20 bits per heavy atom. The molecule has 0 saturated carbocycles. The smallest absolute Gasteiger partial charge is 0.246 e. The quantitative estimate of drug-likeness (QED) is 0.720. The molecule has 0 radical (unpaired) electrons. The molecule has 4 heteroatoms. The zero-order valence-electron chi connectivity index (χ0n) is 15.4. The van der Waals surface area contributed by atoms with Gasteiger partial charge in [0.25, 0.3) is 0 Å². The van der Waals surface area contributed by atoms with Crippen LogP contribution in [0.4, 0.5) is 5.69 Å². The number of amides is 1. The van der Waals surface area contributed by atoms with Crippen molar-refractivity contribution in [2.24, 2.45) is 0 Å². The van der Waals surface area contributed by atoms with Crippen molar-refractivity contribution in [3.63, 3.8) is 0 Å². The number of hydrogen-bond acceptors (Lipinski definition) is 3. The van der Waals surface area contributed by atoms with Crippen LogP contribution >= 0.6 is 0 Å². The molecule has 0 fully saturated rings. The van der Waals surface area contributed by atoms with Gasteiger partial charge in [0.05, 0.1) is 6.61 Å². The molecule has 0 bridgehead atoms. The lowest BCUT2D eigenvalue weighted by Crippen LogP contribution is -2.24. The predicted octanol–water partition coefficient (Wildman–Crippen LogP) is 3.82. The summed E-state index contributed by atoms with van der Waals surface area (Å²) in [6.45, 7) is 3.19. The van der Waals surface area contributed by atoms with Gasteiger partial charge >= 0.3 is 0 Å². The van der Waals surface area contributed by atoms with E-state index in [1.54, 1.807) is 11.0 Å². The highest BCUT2D eigenvalue weighted by molar-refractivity contribution is 5.91. The van der Waals surface area contributed by atoms with Gasteiger partial charge in [0.2, 0.25) is 5.91 Å². The third-order valence-corrected chi connectivity index (χ3v) is 3.86. The van der Waals surface area contributed by atoms with E-state index in [0.29, 0.717) is 13.2 Å². The van der Waals surface area contributed by atoms with E-state index in [9.17, 15) is 4.79 Å². The third kappa shape index (κ3) is 5.68. The number of ether oxygens (including phenoxy) is 1. The Balaban J connectivity index is 1.92. The second-order valence-corrected chi connectivity index (χ2v) is 6.09. The minimum Gasteiger partial charge on any atom is -0.494 e. The van der Waals surface area contributed by atoms with Crippen LogP contribution in [-0.4, -0.2) is 38.6 Å². The van der Waals surface area contributed by atoms with Crippen LogP contribution in [0.2, 0.25) is 0 Å². The van der Waals surface area contributed by atoms with Gasteiger partial charge in [-0.05, 0) is 48.4 Å². The summed E-state index contributed by atoms with van der Waals surface area (Å²) in [4.78, 5) is 16.0. The van der Waals surface area contributed by atoms with Crippen molar-refractivity contribution in [1.29, 1.82) is 0 Å². The molecule has 0 spiro atoms. The molecule has 0 heterocycles. The fourth-order valence-corrected chi connectivity index (χ4v) is 2.39. The van der Waals surface area contributed by atoms with Crippen molar-refractivity contribution in [3.8, 4) is 5.75 Å². The number of carbonyl (C=O) groups excluding carboxylic acids is 1. The molecule has 2 rings (SSSR count). The Labute approximate surface area is 150 Å². The van der Waals surface area contributed by atoms with Gasteiger partial charge in [-0.15, -0.1) is 0 Å². The predicted molar refractivity (Wildman–Crippen MR) is 104 cm³/mol. The monoisotopic (exact) mass is 338 g/mol. The van der Waals surface area contributed by atoms with Gasteiger partial charge in [0, 0.05) is 39.5 Å². The molecule has 4 nitrogen and oxygen atoms in total. The third-order valence-electron chi connectivity index (χ3n) is 3.86. The number of nitrogens with zero attached hydrogens (tertiary/aromatic N) is 2. The first-order valence-corrected chi connectivity index (χ1v) is 8.42. The molecule has 1 amide bonds. The Bertz CT molecular complexity index is 704. The summed E-state index contributed by atoms with van der Waals surface area (Å²) in [7, 11) is 5.83. The molecule has 0 atom stereocenters. The molecule has 0 aromatic heterocycles. The summed E-state index contributed by atoms with van der Waals surface area (Å²) in [5.41, 5.74) is 3.23. The highest BCUT2D eigenvalue weighted by Crippen LogP contribution is 2.15. The summed E-state index contributed by atoms with van der Waals surface area (Å²) >= 11 is 0. The van der Waals surface area contributed by atoms with E-state index >= 15 is 0 Å². The van der Waals surface area contributed by atoms with Crippen LogP contribution in [0.1, 0.15) is 18.1 Å². The van der Waals surface area contributed by atoms with Gasteiger partial charge in [-0.1, -0.05) is 24.3 Å². The molecule has 25 heavy (non-hydrogen) atoms. The van der Waals surface area contributed by atoms with Crippen molar-refractivity contribution in [2.75, 3.05) is 32.6 Å². The molecular formula is C21H26N2O2. The van der Waals surface area contributed by atoms with E-state index in [0.717, 1.165) is 22.6 Å². The van der Waals surface area contributed by atoms with E-state index in [4.69, 9.17) is 4.74 Å². The fraction of sp³-hybridized carbons (Fsp3) is 0.286. The normalized spacial score (nSPS) is 10.7. The van der Waals surface area contributed by atoms with Gasteiger partial charge in [0.15, 0.2) is 0 Å². The van der Waals surface area contributed by atoms with E-state index in [1.165, 1.54) is 0 Å². The molecule has 0 aliphatic heterocycles. The second kappa shape index (κ2) is 8.92. The van der Waals surface area contributed by atoms with Crippen LogP contribution in [0.25, 0.3) is 6.08 Å². The number of rotatable bonds is 7. The Morgan fingerprint density at radius 1 is 1.00 bits per heavy atom. The first kappa shape index (κ1) is 18.6. The molecule has 0 aliphatic rings. The lowest BCUT2D eigenvalue weighted by Gasteiger charge is -2.17. The standard InChI is InChI=1S/C21H26N2O2/c1-5-25-20-13-8-17(9-14-20)10-15-21(24)23(4)16-18-6-11-19(12-7-18)22(2)3/h6-15H,5,16H2,1-4H3/b15-10+. The number of benzene rings is 2. The average molecular weight is 338 g/mol. The summed E-state index contributed by atoms with van der Waals surface area (Å²) in [6, 6.07) is 15.9. The lowest BCUT2D eigenvalue weighted by atomic mass is 10.2. The average Bonchev–Trinajstić information content (AvgIpc) is 2.61. The molecular weight excluding hydrogens is 312 g/mol. The van der Waals surface area contributed by atoms with Crippen LogP contribution in [0.5, 0.6) is 5.75 Å². The minimum absolute atomic E-state index is 0.0226. The Hall–Kier alpha value is -2.75. The van der Waals surface area contributed by atoms with Crippen molar-refractivity contribution >= 4 is 17.7 Å². The fourth-order valence-electron chi connectivity index (χ4n) is 2.39. The highest BCUT2D eigenvalue weighted by Gasteiger charge is 2.06. The summed E-state index contributed by atoms with van der Waals surface area (Å²) in [5.74, 6) is 0.815. The zero-order chi connectivity index (χ0) is 18.2. The second-order valence-electron chi connectivity index (χ2n) is 6.09. The summed E-state index contributed by atoms with van der Waals surface area (Å²) in [5, 5.41) is 0. The van der Waals surface area contributed by atoms with E-state index in [2.05, 4.69) is 29.2 Å². The van der Waals surface area contributed by atoms with Crippen LogP contribution in [-0.2, 0) is 11.3 Å². The largest absolute Gasteiger partial charge is 0.494 e. The topological polar surface area (TPSA) is 32.8 Å². The molecule has 0 N–H and O–H groups in total. The van der Waals surface area contributed by atoms with Crippen LogP contribution in [0.15, 0.2) is 54.6 Å². The molecule has 0 aliphatic carbocycles. The van der Waals surface area contributed by atoms with E-state index in [-0.39, 0.29) is 5.91 Å². The Kier molecular flexibility index (Phi) is 6.63. The van der Waals surface area contributed by atoms with Crippen molar-refractivity contribution in [1.82, 2.24) is 4.90 Å². The number of carbonyl (C=O) groups is 1. The van der Waals surface area contributed by atoms with Crippen LogP contribution in [0.3, 0.4) is 0 Å².